The van der Waals surface area contributed by atoms with E-state index in [1.165, 1.54) is 6.33 Å². The fourth-order valence-electron chi connectivity index (χ4n) is 2.31. The summed E-state index contributed by atoms with van der Waals surface area (Å²) < 4.78 is 7.39. The fraction of sp³-hybridized carbons (Fsp3) is 0.222. The highest BCUT2D eigenvalue weighted by Gasteiger charge is 2.09. The maximum absolute atomic E-state index is 12.4. The van der Waals surface area contributed by atoms with Gasteiger partial charge in [0.25, 0.3) is 5.91 Å². The summed E-state index contributed by atoms with van der Waals surface area (Å²) in [6.07, 6.45) is 4.99. The SMILES string of the molecule is Cc1nccn1-c1cc(NC(=O)c2ccc(OC(C)C)cc2)ncn1. The van der Waals surface area contributed by atoms with Gasteiger partial charge in [-0.05, 0) is 45.0 Å². The van der Waals surface area contributed by atoms with Crippen molar-refractivity contribution >= 4 is 11.7 Å². The van der Waals surface area contributed by atoms with Crippen molar-refractivity contribution < 1.29 is 9.53 Å². The zero-order valence-corrected chi connectivity index (χ0v) is 14.3. The van der Waals surface area contributed by atoms with Crippen LogP contribution in [0, 0.1) is 6.92 Å². The van der Waals surface area contributed by atoms with Gasteiger partial charge in [0.2, 0.25) is 0 Å². The number of hydrogen-bond donors (Lipinski definition) is 1. The molecule has 2 aromatic heterocycles. The van der Waals surface area contributed by atoms with Crippen LogP contribution < -0.4 is 10.1 Å². The van der Waals surface area contributed by atoms with Crippen LogP contribution in [0.4, 0.5) is 5.82 Å². The second-order valence-corrected chi connectivity index (χ2v) is 5.75. The number of benzene rings is 1. The van der Waals surface area contributed by atoms with E-state index in [2.05, 4.69) is 20.3 Å². The summed E-state index contributed by atoms with van der Waals surface area (Å²) in [5, 5.41) is 2.78. The van der Waals surface area contributed by atoms with E-state index in [9.17, 15) is 4.79 Å². The van der Waals surface area contributed by atoms with Crippen LogP contribution in [0.15, 0.2) is 49.1 Å². The molecule has 1 N–H and O–H groups in total. The van der Waals surface area contributed by atoms with E-state index in [-0.39, 0.29) is 12.0 Å². The number of amides is 1. The molecule has 1 aromatic carbocycles. The van der Waals surface area contributed by atoms with Gasteiger partial charge >= 0.3 is 0 Å². The van der Waals surface area contributed by atoms with Crippen molar-refractivity contribution in [3.8, 4) is 11.6 Å². The molecule has 0 saturated carbocycles. The van der Waals surface area contributed by atoms with Crippen molar-refractivity contribution in [1.82, 2.24) is 19.5 Å². The van der Waals surface area contributed by atoms with Gasteiger partial charge in [-0.15, -0.1) is 0 Å². The molecule has 0 saturated heterocycles. The number of aryl methyl sites for hydroxylation is 1. The Hall–Kier alpha value is -3.22. The summed E-state index contributed by atoms with van der Waals surface area (Å²) in [6.45, 7) is 5.78. The second-order valence-electron chi connectivity index (χ2n) is 5.75. The van der Waals surface area contributed by atoms with Crippen LogP contribution in [0.25, 0.3) is 5.82 Å². The summed E-state index contributed by atoms with van der Waals surface area (Å²) in [6, 6.07) is 8.68. The zero-order valence-electron chi connectivity index (χ0n) is 14.3. The van der Waals surface area contributed by atoms with Crippen molar-refractivity contribution in [2.45, 2.75) is 26.9 Å². The number of nitrogens with one attached hydrogen (secondary N) is 1. The van der Waals surface area contributed by atoms with Crippen LogP contribution in [-0.2, 0) is 0 Å². The molecule has 0 radical (unpaired) electrons. The Labute approximate surface area is 145 Å². The highest BCUT2D eigenvalue weighted by molar-refractivity contribution is 6.03. The average Bonchev–Trinajstić information content (AvgIpc) is 3.01. The summed E-state index contributed by atoms with van der Waals surface area (Å²) in [4.78, 5) is 24.8. The van der Waals surface area contributed by atoms with Gasteiger partial charge in [0.05, 0.1) is 6.10 Å². The van der Waals surface area contributed by atoms with E-state index in [1.54, 1.807) is 42.7 Å². The van der Waals surface area contributed by atoms with Crippen molar-refractivity contribution in [2.75, 3.05) is 5.32 Å². The number of carbonyl (C=O) groups excluding carboxylic acids is 1. The van der Waals surface area contributed by atoms with Gasteiger partial charge in [0, 0.05) is 24.0 Å². The number of aromatic nitrogens is 4. The molecule has 7 nitrogen and oxygen atoms in total. The number of anilines is 1. The Morgan fingerprint density at radius 2 is 1.92 bits per heavy atom. The number of carbonyl (C=O) groups is 1. The molecule has 7 heteroatoms. The number of ether oxygens (including phenoxy) is 1. The van der Waals surface area contributed by atoms with E-state index in [0.717, 1.165) is 11.6 Å². The van der Waals surface area contributed by atoms with Gasteiger partial charge in [-0.3, -0.25) is 9.36 Å². The molecule has 128 valence electrons. The zero-order chi connectivity index (χ0) is 17.8. The number of imidazole rings is 1. The van der Waals surface area contributed by atoms with E-state index < -0.39 is 0 Å². The Morgan fingerprint density at radius 1 is 1.16 bits per heavy atom. The van der Waals surface area contributed by atoms with Crippen molar-refractivity contribution in [2.24, 2.45) is 0 Å². The molecule has 3 rings (SSSR count). The predicted molar refractivity (Wildman–Crippen MR) is 94.1 cm³/mol. The molecule has 3 aromatic rings. The molecule has 0 unspecified atom stereocenters. The van der Waals surface area contributed by atoms with Gasteiger partial charge in [0.15, 0.2) is 0 Å². The van der Waals surface area contributed by atoms with Gasteiger partial charge in [0.1, 0.15) is 29.5 Å². The van der Waals surface area contributed by atoms with Crippen LogP contribution in [0.2, 0.25) is 0 Å². The smallest absolute Gasteiger partial charge is 0.256 e. The first-order chi connectivity index (χ1) is 12.0. The Balaban J connectivity index is 1.74. The van der Waals surface area contributed by atoms with E-state index >= 15 is 0 Å². The summed E-state index contributed by atoms with van der Waals surface area (Å²) in [5.41, 5.74) is 0.523. The maximum atomic E-state index is 12.4. The van der Waals surface area contributed by atoms with Gasteiger partial charge in [-0.25, -0.2) is 15.0 Å². The third-order valence-corrected chi connectivity index (χ3v) is 3.46. The highest BCUT2D eigenvalue weighted by atomic mass is 16.5. The Bertz CT molecular complexity index is 871. The highest BCUT2D eigenvalue weighted by Crippen LogP contribution is 2.16. The third kappa shape index (κ3) is 4.00. The topological polar surface area (TPSA) is 81.9 Å². The minimum absolute atomic E-state index is 0.0887. The van der Waals surface area contributed by atoms with Crippen molar-refractivity contribution in [1.29, 1.82) is 0 Å². The molecule has 2 heterocycles. The lowest BCUT2D eigenvalue weighted by Gasteiger charge is -2.10. The van der Waals surface area contributed by atoms with Crippen LogP contribution in [0.3, 0.4) is 0 Å². The molecule has 0 aliphatic rings. The van der Waals surface area contributed by atoms with E-state index in [4.69, 9.17) is 4.74 Å². The molecular weight excluding hydrogens is 318 g/mol. The number of rotatable bonds is 5. The van der Waals surface area contributed by atoms with Crippen LogP contribution >= 0.6 is 0 Å². The lowest BCUT2D eigenvalue weighted by molar-refractivity contribution is 0.102. The first-order valence-corrected chi connectivity index (χ1v) is 7.93. The third-order valence-electron chi connectivity index (χ3n) is 3.46. The summed E-state index contributed by atoms with van der Waals surface area (Å²) in [7, 11) is 0. The molecule has 25 heavy (non-hydrogen) atoms. The Morgan fingerprint density at radius 3 is 2.56 bits per heavy atom. The van der Waals surface area contributed by atoms with E-state index in [0.29, 0.717) is 17.2 Å². The lowest BCUT2D eigenvalue weighted by atomic mass is 10.2. The van der Waals surface area contributed by atoms with Crippen LogP contribution in [-0.4, -0.2) is 31.5 Å². The standard InChI is InChI=1S/C18H19N5O2/c1-12(2)25-15-6-4-14(5-7-15)18(24)22-16-10-17(21-11-20-16)23-9-8-19-13(23)3/h4-12H,1-3H3,(H,20,21,22,24). The summed E-state index contributed by atoms with van der Waals surface area (Å²) in [5.74, 6) is 2.35. The van der Waals surface area contributed by atoms with Gasteiger partial charge in [-0.1, -0.05) is 0 Å². The molecule has 0 aliphatic heterocycles. The molecule has 0 atom stereocenters. The quantitative estimate of drug-likeness (QED) is 0.774. The van der Waals surface area contributed by atoms with Gasteiger partial charge in [-0.2, -0.15) is 0 Å². The first-order valence-electron chi connectivity index (χ1n) is 7.93. The second kappa shape index (κ2) is 7.12. The van der Waals surface area contributed by atoms with Crippen molar-refractivity contribution in [3.63, 3.8) is 0 Å². The van der Waals surface area contributed by atoms with Crippen LogP contribution in [0.1, 0.15) is 30.0 Å². The Kier molecular flexibility index (Phi) is 4.74. The monoisotopic (exact) mass is 337 g/mol. The van der Waals surface area contributed by atoms with E-state index in [1.807, 2.05) is 25.3 Å². The molecule has 0 bridgehead atoms. The molecule has 0 fully saturated rings. The largest absolute Gasteiger partial charge is 0.491 e. The molecule has 1 amide bonds. The normalized spacial score (nSPS) is 10.7. The maximum Gasteiger partial charge on any atom is 0.256 e. The first kappa shape index (κ1) is 16.6. The molecule has 0 spiro atoms. The minimum Gasteiger partial charge on any atom is -0.491 e. The number of hydrogen-bond acceptors (Lipinski definition) is 5. The summed E-state index contributed by atoms with van der Waals surface area (Å²) >= 11 is 0. The fourth-order valence-corrected chi connectivity index (χ4v) is 2.31. The minimum atomic E-state index is -0.247. The average molecular weight is 337 g/mol. The molecule has 0 aliphatic carbocycles. The predicted octanol–water partition coefficient (Wildman–Crippen LogP) is 3.01. The molecular formula is C18H19N5O2. The van der Waals surface area contributed by atoms with Gasteiger partial charge < -0.3 is 10.1 Å². The van der Waals surface area contributed by atoms with Crippen LogP contribution in [0.5, 0.6) is 5.75 Å². The lowest BCUT2D eigenvalue weighted by Crippen LogP contribution is -2.14. The number of nitrogens with zero attached hydrogens (tertiary/aromatic N) is 4. The van der Waals surface area contributed by atoms with Crippen molar-refractivity contribution in [3.05, 3.63) is 60.4 Å².